The maximum atomic E-state index is 12.7. The van der Waals surface area contributed by atoms with Gasteiger partial charge in [-0.15, -0.1) is 0 Å². The first-order chi connectivity index (χ1) is 13.3. The Balaban J connectivity index is 1.60. The van der Waals surface area contributed by atoms with Crippen molar-refractivity contribution in [2.45, 2.75) is 39.5 Å². The topological polar surface area (TPSA) is 58.2 Å². The minimum Gasteiger partial charge on any atom is -0.326 e. The van der Waals surface area contributed by atoms with E-state index < -0.39 is 0 Å². The maximum absolute atomic E-state index is 12.7. The highest BCUT2D eigenvalue weighted by molar-refractivity contribution is 9.10. The van der Waals surface area contributed by atoms with Gasteiger partial charge in [0.05, 0.1) is 0 Å². The van der Waals surface area contributed by atoms with Gasteiger partial charge in [0.25, 0.3) is 0 Å². The minimum absolute atomic E-state index is 0.00120. The third kappa shape index (κ3) is 5.23. The van der Waals surface area contributed by atoms with Crippen molar-refractivity contribution in [2.75, 3.05) is 10.6 Å². The van der Waals surface area contributed by atoms with E-state index in [1.807, 2.05) is 50.2 Å². The van der Waals surface area contributed by atoms with Gasteiger partial charge in [0.15, 0.2) is 0 Å². The van der Waals surface area contributed by atoms with Gasteiger partial charge < -0.3 is 10.6 Å². The van der Waals surface area contributed by atoms with Crippen molar-refractivity contribution in [3.8, 4) is 0 Å². The van der Waals surface area contributed by atoms with Crippen LogP contribution in [0.3, 0.4) is 0 Å². The second kappa shape index (κ2) is 9.23. The summed E-state index contributed by atoms with van der Waals surface area (Å²) in [5.41, 5.74) is 3.73. The summed E-state index contributed by atoms with van der Waals surface area (Å²) < 4.78 is 2.03. The van der Waals surface area contributed by atoms with Crippen molar-refractivity contribution >= 4 is 55.0 Å². The zero-order valence-corrected chi connectivity index (χ0v) is 19.2. The number of carbonyl (C=O) groups is 2. The maximum Gasteiger partial charge on any atom is 0.227 e. The largest absolute Gasteiger partial charge is 0.326 e. The molecule has 0 aromatic heterocycles. The fourth-order valence-electron chi connectivity index (χ4n) is 3.60. The number of benzene rings is 2. The average molecular weight is 508 g/mol. The van der Waals surface area contributed by atoms with Crippen LogP contribution < -0.4 is 10.6 Å². The van der Waals surface area contributed by atoms with Gasteiger partial charge in [-0.3, -0.25) is 9.59 Å². The number of halogens is 2. The Morgan fingerprint density at radius 1 is 0.821 bits per heavy atom. The lowest BCUT2D eigenvalue weighted by Gasteiger charge is -2.27. The number of rotatable bonds is 4. The van der Waals surface area contributed by atoms with Crippen molar-refractivity contribution in [3.63, 3.8) is 0 Å². The van der Waals surface area contributed by atoms with Crippen LogP contribution in [0.15, 0.2) is 45.3 Å². The summed E-state index contributed by atoms with van der Waals surface area (Å²) in [7, 11) is 0. The number of nitrogens with one attached hydrogen (secondary N) is 2. The van der Waals surface area contributed by atoms with Gasteiger partial charge in [-0.25, -0.2) is 0 Å². The van der Waals surface area contributed by atoms with Crippen LogP contribution in [-0.2, 0) is 9.59 Å². The molecule has 6 heteroatoms. The summed E-state index contributed by atoms with van der Waals surface area (Å²) in [4.78, 5) is 25.4. The van der Waals surface area contributed by atoms with Crippen LogP contribution in [0.5, 0.6) is 0 Å². The van der Waals surface area contributed by atoms with Crippen LogP contribution in [0, 0.1) is 25.7 Å². The average Bonchev–Trinajstić information content (AvgIpc) is 2.67. The molecule has 0 bridgehead atoms. The second-order valence-corrected chi connectivity index (χ2v) is 9.18. The highest BCUT2D eigenvalue weighted by atomic mass is 79.9. The van der Waals surface area contributed by atoms with Crippen LogP contribution in [-0.4, -0.2) is 11.8 Å². The van der Waals surface area contributed by atoms with Crippen molar-refractivity contribution in [3.05, 3.63) is 56.5 Å². The van der Waals surface area contributed by atoms with Gasteiger partial charge in [-0.05, 0) is 80.6 Å². The van der Waals surface area contributed by atoms with E-state index in [2.05, 4.69) is 42.5 Å². The number of carbonyl (C=O) groups excluding carboxylic acids is 2. The Hall–Kier alpha value is -1.66. The van der Waals surface area contributed by atoms with Gasteiger partial charge in [-0.1, -0.05) is 38.3 Å². The monoisotopic (exact) mass is 506 g/mol. The molecular weight excluding hydrogens is 484 g/mol. The first-order valence-electron chi connectivity index (χ1n) is 9.47. The molecular formula is C22H24Br2N2O2. The number of aryl methyl sites for hydroxylation is 2. The first-order valence-corrected chi connectivity index (χ1v) is 11.1. The molecule has 1 fully saturated rings. The van der Waals surface area contributed by atoms with E-state index in [0.717, 1.165) is 50.7 Å². The van der Waals surface area contributed by atoms with E-state index in [9.17, 15) is 9.59 Å². The highest BCUT2D eigenvalue weighted by Crippen LogP contribution is 2.31. The highest BCUT2D eigenvalue weighted by Gasteiger charge is 2.31. The Kier molecular flexibility index (Phi) is 6.94. The van der Waals surface area contributed by atoms with E-state index in [1.165, 1.54) is 0 Å². The smallest absolute Gasteiger partial charge is 0.227 e. The molecule has 1 aliphatic rings. The van der Waals surface area contributed by atoms with Gasteiger partial charge in [0, 0.05) is 32.2 Å². The molecule has 2 atom stereocenters. The van der Waals surface area contributed by atoms with Crippen LogP contribution in [0.2, 0.25) is 0 Å². The van der Waals surface area contributed by atoms with Gasteiger partial charge in [0.1, 0.15) is 0 Å². The molecule has 2 aromatic rings. The number of anilines is 2. The summed E-state index contributed by atoms with van der Waals surface area (Å²) in [6, 6.07) is 11.5. The lowest BCUT2D eigenvalue weighted by atomic mass is 9.80. The quantitative estimate of drug-likeness (QED) is 0.516. The van der Waals surface area contributed by atoms with Gasteiger partial charge in [0.2, 0.25) is 11.8 Å². The lowest BCUT2D eigenvalue weighted by molar-refractivity contribution is -0.124. The fourth-order valence-corrected chi connectivity index (χ4v) is 4.09. The molecule has 0 spiro atoms. The predicted molar refractivity (Wildman–Crippen MR) is 120 cm³/mol. The minimum atomic E-state index is -0.139. The molecule has 2 unspecified atom stereocenters. The van der Waals surface area contributed by atoms with Crippen LogP contribution >= 0.6 is 31.9 Å². The molecule has 0 saturated heterocycles. The third-order valence-corrected chi connectivity index (χ3v) is 7.05. The lowest BCUT2D eigenvalue weighted by Crippen LogP contribution is -2.33. The molecule has 148 valence electrons. The molecule has 28 heavy (non-hydrogen) atoms. The molecule has 1 aliphatic carbocycles. The Morgan fingerprint density at radius 2 is 1.25 bits per heavy atom. The number of amides is 2. The summed E-state index contributed by atoms with van der Waals surface area (Å²) in [5.74, 6) is -0.280. The number of hydrogen-bond acceptors (Lipinski definition) is 2. The van der Waals surface area contributed by atoms with E-state index >= 15 is 0 Å². The predicted octanol–water partition coefficient (Wildman–Crippen LogP) is 6.21. The molecule has 0 heterocycles. The van der Waals surface area contributed by atoms with Gasteiger partial charge >= 0.3 is 0 Å². The van der Waals surface area contributed by atoms with Gasteiger partial charge in [-0.2, -0.15) is 0 Å². The SMILES string of the molecule is Cc1cc(NC(=O)C2CCCC(C(=O)Nc3ccc(Br)c(C)c3)C2)ccc1Br. The Morgan fingerprint density at radius 3 is 1.64 bits per heavy atom. The zero-order valence-electron chi connectivity index (χ0n) is 16.0. The molecule has 3 rings (SSSR count). The third-order valence-electron chi connectivity index (χ3n) is 5.27. The first kappa shape index (κ1) is 21.1. The zero-order chi connectivity index (χ0) is 20.3. The molecule has 4 nitrogen and oxygen atoms in total. The van der Waals surface area contributed by atoms with Crippen molar-refractivity contribution in [2.24, 2.45) is 11.8 Å². The molecule has 0 aliphatic heterocycles. The fraction of sp³-hybridized carbons (Fsp3) is 0.364. The van der Waals surface area contributed by atoms with Crippen molar-refractivity contribution < 1.29 is 9.59 Å². The normalized spacial score (nSPS) is 19.1. The van der Waals surface area contributed by atoms with Crippen molar-refractivity contribution in [1.82, 2.24) is 0 Å². The Bertz CT molecular complexity index is 827. The van der Waals surface area contributed by atoms with E-state index in [1.54, 1.807) is 0 Å². The van der Waals surface area contributed by atoms with Crippen molar-refractivity contribution in [1.29, 1.82) is 0 Å². The van der Waals surface area contributed by atoms with E-state index in [-0.39, 0.29) is 23.7 Å². The molecule has 2 aromatic carbocycles. The van der Waals surface area contributed by atoms with E-state index in [4.69, 9.17) is 0 Å². The van der Waals surface area contributed by atoms with Crippen LogP contribution in [0.1, 0.15) is 36.8 Å². The molecule has 0 radical (unpaired) electrons. The second-order valence-electron chi connectivity index (χ2n) is 7.47. The number of hydrogen-bond donors (Lipinski definition) is 2. The summed E-state index contributed by atoms with van der Waals surface area (Å²) >= 11 is 6.94. The molecule has 1 saturated carbocycles. The summed E-state index contributed by atoms with van der Waals surface area (Å²) in [6.07, 6.45) is 3.11. The van der Waals surface area contributed by atoms with E-state index in [0.29, 0.717) is 6.42 Å². The standard InChI is InChI=1S/C22H24Br2N2O2/c1-13-10-17(6-8-19(13)23)25-21(27)15-4-3-5-16(12-15)22(28)26-18-7-9-20(24)14(2)11-18/h6-11,15-16H,3-5,12H2,1-2H3,(H,25,27)(H,26,28). The van der Waals surface area contributed by atoms with Crippen LogP contribution in [0.4, 0.5) is 11.4 Å². The molecule has 2 amide bonds. The summed E-state index contributed by atoms with van der Waals surface area (Å²) in [6.45, 7) is 3.98. The summed E-state index contributed by atoms with van der Waals surface area (Å²) in [5, 5.41) is 6.01. The Labute approximate surface area is 182 Å². The molecule has 2 N–H and O–H groups in total. The van der Waals surface area contributed by atoms with Crippen LogP contribution in [0.25, 0.3) is 0 Å².